The highest BCUT2D eigenvalue weighted by Gasteiger charge is 2.19. The summed E-state index contributed by atoms with van der Waals surface area (Å²) in [5.41, 5.74) is 6.62. The van der Waals surface area contributed by atoms with E-state index in [0.717, 1.165) is 31.6 Å². The molecule has 2 aromatic carbocycles. The van der Waals surface area contributed by atoms with Gasteiger partial charge in [0.2, 0.25) is 0 Å². The highest BCUT2D eigenvalue weighted by Crippen LogP contribution is 2.27. The van der Waals surface area contributed by atoms with Crippen LogP contribution in [0.3, 0.4) is 0 Å². The molecule has 7 heteroatoms. The highest BCUT2D eigenvalue weighted by atomic mass is 19.1. The van der Waals surface area contributed by atoms with E-state index >= 15 is 0 Å². The van der Waals surface area contributed by atoms with Gasteiger partial charge in [-0.3, -0.25) is 9.59 Å². The molecule has 1 fully saturated rings. The smallest absolute Gasteiger partial charge is 0.255 e. The quantitative estimate of drug-likeness (QED) is 0.782. The van der Waals surface area contributed by atoms with Crippen LogP contribution >= 0.6 is 0 Å². The van der Waals surface area contributed by atoms with E-state index in [9.17, 15) is 14.0 Å². The number of hydrogen-bond acceptors (Lipinski definition) is 4. The summed E-state index contributed by atoms with van der Waals surface area (Å²) in [5, 5.41) is 2.75. The molecule has 0 unspecified atom stereocenters. The van der Waals surface area contributed by atoms with E-state index in [1.807, 2.05) is 6.07 Å². The number of amides is 2. The van der Waals surface area contributed by atoms with Crippen LogP contribution in [0.1, 0.15) is 28.8 Å². The van der Waals surface area contributed by atoms with Gasteiger partial charge in [0.05, 0.1) is 5.56 Å². The zero-order chi connectivity index (χ0) is 19.2. The Morgan fingerprint density at radius 1 is 1.11 bits per heavy atom. The van der Waals surface area contributed by atoms with Crippen molar-refractivity contribution < 1.29 is 18.7 Å². The van der Waals surface area contributed by atoms with Crippen LogP contribution < -0.4 is 20.7 Å². The molecule has 1 saturated heterocycles. The van der Waals surface area contributed by atoms with Crippen molar-refractivity contribution in [3.05, 3.63) is 59.4 Å². The summed E-state index contributed by atoms with van der Waals surface area (Å²) >= 11 is 0. The first-order chi connectivity index (χ1) is 13.1. The molecule has 0 radical (unpaired) electrons. The van der Waals surface area contributed by atoms with Crippen LogP contribution in [0.25, 0.3) is 0 Å². The van der Waals surface area contributed by atoms with Gasteiger partial charge in [-0.15, -0.1) is 0 Å². The Morgan fingerprint density at radius 2 is 1.85 bits per heavy atom. The largest absolute Gasteiger partial charge is 0.483 e. The summed E-state index contributed by atoms with van der Waals surface area (Å²) in [4.78, 5) is 25.6. The van der Waals surface area contributed by atoms with Gasteiger partial charge in [0, 0.05) is 30.9 Å². The summed E-state index contributed by atoms with van der Waals surface area (Å²) in [7, 11) is 0. The van der Waals surface area contributed by atoms with E-state index in [4.69, 9.17) is 10.5 Å². The number of nitrogens with zero attached hydrogens (tertiary/aromatic N) is 1. The molecule has 3 N–H and O–H groups in total. The number of benzene rings is 2. The lowest BCUT2D eigenvalue weighted by atomic mass is 10.1. The zero-order valence-electron chi connectivity index (χ0n) is 14.9. The number of anilines is 1. The second-order valence-corrected chi connectivity index (χ2v) is 6.37. The first kappa shape index (κ1) is 18.7. The second-order valence-electron chi connectivity index (χ2n) is 6.37. The van der Waals surface area contributed by atoms with Crippen LogP contribution in [0.2, 0.25) is 0 Å². The third-order valence-corrected chi connectivity index (χ3v) is 4.47. The van der Waals surface area contributed by atoms with Crippen molar-refractivity contribution in [2.75, 3.05) is 24.6 Å². The Kier molecular flexibility index (Phi) is 5.90. The minimum absolute atomic E-state index is 0.0570. The maximum atomic E-state index is 14.4. The van der Waals surface area contributed by atoms with Crippen molar-refractivity contribution in [3.8, 4) is 5.75 Å². The molecule has 2 aromatic rings. The molecule has 3 rings (SSSR count). The fourth-order valence-electron chi connectivity index (χ4n) is 3.17. The monoisotopic (exact) mass is 371 g/mol. The SMILES string of the molecule is NC(=O)COc1ccccc1C(=O)NCc1c(F)cccc1N1CCCC1. The number of carbonyl (C=O) groups is 2. The highest BCUT2D eigenvalue weighted by molar-refractivity contribution is 5.97. The number of hydrogen-bond donors (Lipinski definition) is 2. The lowest BCUT2D eigenvalue weighted by Crippen LogP contribution is -2.27. The molecule has 1 aliphatic rings. The number of ether oxygens (including phenoxy) is 1. The molecule has 1 heterocycles. The predicted molar refractivity (Wildman–Crippen MR) is 100 cm³/mol. The van der Waals surface area contributed by atoms with Crippen molar-refractivity contribution in [1.29, 1.82) is 0 Å². The van der Waals surface area contributed by atoms with E-state index in [1.54, 1.807) is 30.3 Å². The molecule has 27 heavy (non-hydrogen) atoms. The molecular formula is C20H22FN3O3. The molecule has 0 atom stereocenters. The van der Waals surface area contributed by atoms with Gasteiger partial charge >= 0.3 is 0 Å². The summed E-state index contributed by atoms with van der Waals surface area (Å²) in [6.45, 7) is 1.50. The Morgan fingerprint density at radius 3 is 2.59 bits per heavy atom. The van der Waals surface area contributed by atoms with Gasteiger partial charge in [0.15, 0.2) is 6.61 Å². The average Bonchev–Trinajstić information content (AvgIpc) is 3.19. The fraction of sp³-hybridized carbons (Fsp3) is 0.300. The zero-order valence-corrected chi connectivity index (χ0v) is 14.9. The topological polar surface area (TPSA) is 84.7 Å². The maximum absolute atomic E-state index is 14.4. The van der Waals surface area contributed by atoms with Crippen LogP contribution in [0.5, 0.6) is 5.75 Å². The first-order valence-corrected chi connectivity index (χ1v) is 8.87. The van der Waals surface area contributed by atoms with Crippen molar-refractivity contribution >= 4 is 17.5 Å². The molecule has 0 aromatic heterocycles. The minimum atomic E-state index is -0.633. The molecule has 0 aliphatic carbocycles. The first-order valence-electron chi connectivity index (χ1n) is 8.87. The lowest BCUT2D eigenvalue weighted by molar-refractivity contribution is -0.119. The summed E-state index contributed by atoms with van der Waals surface area (Å²) < 4.78 is 19.7. The van der Waals surface area contributed by atoms with E-state index < -0.39 is 11.8 Å². The fourth-order valence-corrected chi connectivity index (χ4v) is 3.17. The number of primary amides is 1. The van der Waals surface area contributed by atoms with Gasteiger partial charge in [-0.2, -0.15) is 0 Å². The van der Waals surface area contributed by atoms with Crippen molar-refractivity contribution in [2.45, 2.75) is 19.4 Å². The van der Waals surface area contributed by atoms with E-state index in [1.165, 1.54) is 6.07 Å². The number of nitrogens with two attached hydrogens (primary N) is 1. The summed E-state index contributed by atoms with van der Waals surface area (Å²) in [6.07, 6.45) is 2.15. The number of para-hydroxylation sites is 1. The standard InChI is InChI=1S/C20H22FN3O3/c21-16-7-5-8-17(24-10-3-4-11-24)15(16)12-23-20(26)14-6-1-2-9-18(14)27-13-19(22)25/h1-2,5-9H,3-4,10-13H2,(H2,22,25)(H,23,26). The molecule has 2 amide bonds. The number of nitrogens with one attached hydrogen (secondary N) is 1. The average molecular weight is 371 g/mol. The van der Waals surface area contributed by atoms with Crippen LogP contribution in [0.4, 0.5) is 10.1 Å². The van der Waals surface area contributed by atoms with Crippen LogP contribution in [-0.2, 0) is 11.3 Å². The van der Waals surface area contributed by atoms with Crippen molar-refractivity contribution in [1.82, 2.24) is 5.32 Å². The second kappa shape index (κ2) is 8.53. The molecule has 0 bridgehead atoms. The summed E-state index contributed by atoms with van der Waals surface area (Å²) in [6, 6.07) is 11.5. The van der Waals surface area contributed by atoms with Gasteiger partial charge < -0.3 is 20.7 Å². The Bertz CT molecular complexity index is 835. The van der Waals surface area contributed by atoms with Gasteiger partial charge in [-0.25, -0.2) is 4.39 Å². The van der Waals surface area contributed by atoms with Gasteiger partial charge in [0.25, 0.3) is 11.8 Å². The van der Waals surface area contributed by atoms with E-state index in [2.05, 4.69) is 10.2 Å². The van der Waals surface area contributed by atoms with Gasteiger partial charge in [-0.1, -0.05) is 18.2 Å². The summed E-state index contributed by atoms with van der Waals surface area (Å²) in [5.74, 6) is -1.14. The maximum Gasteiger partial charge on any atom is 0.255 e. The minimum Gasteiger partial charge on any atom is -0.483 e. The van der Waals surface area contributed by atoms with E-state index in [-0.39, 0.29) is 30.3 Å². The predicted octanol–water partition coefficient (Wildman–Crippen LogP) is 2.22. The number of carbonyl (C=O) groups excluding carboxylic acids is 2. The molecule has 6 nitrogen and oxygen atoms in total. The van der Waals surface area contributed by atoms with Gasteiger partial charge in [-0.05, 0) is 37.1 Å². The van der Waals surface area contributed by atoms with Crippen molar-refractivity contribution in [3.63, 3.8) is 0 Å². The Balaban J connectivity index is 1.74. The Labute approximate surface area is 157 Å². The van der Waals surface area contributed by atoms with Gasteiger partial charge in [0.1, 0.15) is 11.6 Å². The number of halogens is 1. The Hall–Kier alpha value is -3.09. The lowest BCUT2D eigenvalue weighted by Gasteiger charge is -2.22. The molecule has 142 valence electrons. The van der Waals surface area contributed by atoms with Crippen LogP contribution in [-0.4, -0.2) is 31.5 Å². The normalized spacial score (nSPS) is 13.4. The molecule has 0 spiro atoms. The van der Waals surface area contributed by atoms with Crippen LogP contribution in [0, 0.1) is 5.82 Å². The van der Waals surface area contributed by atoms with Crippen LogP contribution in [0.15, 0.2) is 42.5 Å². The van der Waals surface area contributed by atoms with E-state index in [0.29, 0.717) is 5.56 Å². The van der Waals surface area contributed by atoms with Crippen molar-refractivity contribution in [2.24, 2.45) is 5.73 Å². The number of rotatable bonds is 7. The molecule has 1 aliphatic heterocycles. The molecular weight excluding hydrogens is 349 g/mol. The molecule has 0 saturated carbocycles. The third-order valence-electron chi connectivity index (χ3n) is 4.47. The third kappa shape index (κ3) is 4.55.